The number of thiophene rings is 1. The molecular formula is C28H16ClFN2O4S. The van der Waals surface area contributed by atoms with E-state index in [1.165, 1.54) is 18.2 Å². The van der Waals surface area contributed by atoms with E-state index < -0.39 is 24.3 Å². The van der Waals surface area contributed by atoms with Gasteiger partial charge in [-0.25, -0.2) is 9.18 Å². The van der Waals surface area contributed by atoms with Gasteiger partial charge in [0, 0.05) is 21.2 Å². The third kappa shape index (κ3) is 4.83. The summed E-state index contributed by atoms with van der Waals surface area (Å²) in [7, 11) is 0. The highest BCUT2D eigenvalue weighted by atomic mass is 35.5. The zero-order chi connectivity index (χ0) is 25.9. The van der Waals surface area contributed by atoms with Crippen molar-refractivity contribution in [1.29, 1.82) is 5.26 Å². The van der Waals surface area contributed by atoms with Crippen LogP contribution >= 0.6 is 22.9 Å². The summed E-state index contributed by atoms with van der Waals surface area (Å²) in [5.41, 5.74) is 2.13. The number of halogens is 2. The molecule has 2 aromatic heterocycles. The summed E-state index contributed by atoms with van der Waals surface area (Å²) in [6.07, 6.45) is 0. The van der Waals surface area contributed by atoms with Gasteiger partial charge in [0.2, 0.25) is 5.88 Å². The number of esters is 1. The highest BCUT2D eigenvalue weighted by Gasteiger charge is 2.25. The minimum Gasteiger partial charge on any atom is -0.451 e. The maximum absolute atomic E-state index is 13.5. The third-order valence-corrected chi connectivity index (χ3v) is 7.12. The van der Waals surface area contributed by atoms with Crippen molar-refractivity contribution >= 4 is 50.8 Å². The molecule has 5 aromatic rings. The molecular weight excluding hydrogens is 515 g/mol. The van der Waals surface area contributed by atoms with Crippen molar-refractivity contribution in [1.82, 2.24) is 0 Å². The summed E-state index contributed by atoms with van der Waals surface area (Å²) in [6, 6.07) is 24.5. The molecule has 9 heteroatoms. The van der Waals surface area contributed by atoms with Gasteiger partial charge in [-0.15, -0.1) is 11.3 Å². The van der Waals surface area contributed by atoms with Gasteiger partial charge in [0.05, 0.1) is 5.02 Å². The Balaban J connectivity index is 1.39. The average molecular weight is 531 g/mol. The fourth-order valence-electron chi connectivity index (χ4n) is 3.83. The van der Waals surface area contributed by atoms with E-state index >= 15 is 0 Å². The lowest BCUT2D eigenvalue weighted by atomic mass is 9.98. The zero-order valence-electron chi connectivity index (χ0n) is 19.0. The Kier molecular flexibility index (Phi) is 6.73. The van der Waals surface area contributed by atoms with Crippen LogP contribution < -0.4 is 5.32 Å². The van der Waals surface area contributed by atoms with Crippen LogP contribution in [0.3, 0.4) is 0 Å². The molecule has 1 N–H and O–H groups in total. The number of carbonyl (C=O) groups excluding carboxylic acids is 2. The van der Waals surface area contributed by atoms with Gasteiger partial charge in [-0.05, 0) is 23.8 Å². The first kappa shape index (κ1) is 24.3. The Labute approximate surface area is 219 Å². The van der Waals surface area contributed by atoms with Crippen LogP contribution in [0, 0.1) is 17.1 Å². The number of nitrogens with zero attached hydrogens (tertiary/aromatic N) is 1. The lowest BCUT2D eigenvalue weighted by Crippen LogP contribution is -2.20. The molecule has 0 unspecified atom stereocenters. The van der Waals surface area contributed by atoms with Crippen molar-refractivity contribution in [3.05, 3.63) is 100 Å². The topological polar surface area (TPSA) is 92.3 Å². The minimum atomic E-state index is -0.823. The molecule has 0 bridgehead atoms. The predicted octanol–water partition coefficient (Wildman–Crippen LogP) is 7.29. The molecule has 0 aliphatic rings. The number of fused-ring (bicyclic) bond motifs is 1. The molecule has 1 amide bonds. The smallest absolute Gasteiger partial charge is 0.350 e. The molecule has 3 aromatic carbocycles. The summed E-state index contributed by atoms with van der Waals surface area (Å²) in [6.45, 7) is -0.648. The van der Waals surface area contributed by atoms with Crippen LogP contribution in [0.2, 0.25) is 5.02 Å². The van der Waals surface area contributed by atoms with Crippen molar-refractivity contribution < 1.29 is 23.1 Å². The van der Waals surface area contributed by atoms with Crippen LogP contribution in [0.5, 0.6) is 0 Å². The maximum atomic E-state index is 13.5. The van der Waals surface area contributed by atoms with Crippen LogP contribution in [-0.4, -0.2) is 18.5 Å². The van der Waals surface area contributed by atoms with Crippen LogP contribution in [0.25, 0.3) is 32.5 Å². The quantitative estimate of drug-likeness (QED) is 0.233. The van der Waals surface area contributed by atoms with E-state index in [2.05, 4.69) is 11.4 Å². The normalized spacial score (nSPS) is 10.7. The molecule has 2 heterocycles. The minimum absolute atomic E-state index is 0.0587. The summed E-state index contributed by atoms with van der Waals surface area (Å²) >= 11 is 7.23. The average Bonchev–Trinajstić information content (AvgIpc) is 3.45. The van der Waals surface area contributed by atoms with E-state index in [9.17, 15) is 19.2 Å². The molecule has 0 saturated carbocycles. The number of hydrogen-bond donors (Lipinski definition) is 1. The second-order valence-electron chi connectivity index (χ2n) is 7.86. The first-order valence-corrected chi connectivity index (χ1v) is 12.2. The van der Waals surface area contributed by atoms with Crippen LogP contribution in [0.4, 0.5) is 10.3 Å². The Bertz CT molecular complexity index is 1670. The number of anilines is 1. The van der Waals surface area contributed by atoms with Crippen molar-refractivity contribution in [2.45, 2.75) is 0 Å². The second kappa shape index (κ2) is 10.3. The Hall–Kier alpha value is -4.45. The SMILES string of the molecule is N#Cc1c(NC(=O)COC(=O)c2sc3cc(F)ccc3c2Cl)oc(-c2ccccc2)c1-c1ccccc1. The van der Waals surface area contributed by atoms with E-state index in [1.54, 1.807) is 0 Å². The summed E-state index contributed by atoms with van der Waals surface area (Å²) in [5, 5.41) is 13.1. The number of benzene rings is 3. The highest BCUT2D eigenvalue weighted by Crippen LogP contribution is 2.41. The van der Waals surface area contributed by atoms with Gasteiger partial charge in [0.15, 0.2) is 6.61 Å². The Morgan fingerprint density at radius 3 is 2.38 bits per heavy atom. The number of nitriles is 1. The zero-order valence-corrected chi connectivity index (χ0v) is 20.5. The highest BCUT2D eigenvalue weighted by molar-refractivity contribution is 7.21. The number of furan rings is 1. The van der Waals surface area contributed by atoms with Gasteiger partial charge in [-0.1, -0.05) is 72.3 Å². The van der Waals surface area contributed by atoms with Gasteiger partial charge < -0.3 is 9.15 Å². The van der Waals surface area contributed by atoms with E-state index in [0.717, 1.165) is 22.5 Å². The van der Waals surface area contributed by atoms with Crippen molar-refractivity contribution in [3.8, 4) is 28.5 Å². The molecule has 0 saturated heterocycles. The monoisotopic (exact) mass is 530 g/mol. The van der Waals surface area contributed by atoms with Crippen molar-refractivity contribution in [2.24, 2.45) is 0 Å². The molecule has 0 fully saturated rings. The van der Waals surface area contributed by atoms with Crippen molar-refractivity contribution in [3.63, 3.8) is 0 Å². The second-order valence-corrected chi connectivity index (χ2v) is 9.29. The molecule has 0 radical (unpaired) electrons. The molecule has 0 spiro atoms. The first-order chi connectivity index (χ1) is 18.0. The van der Waals surface area contributed by atoms with Gasteiger partial charge in [-0.3, -0.25) is 10.1 Å². The molecule has 0 aliphatic carbocycles. The first-order valence-electron chi connectivity index (χ1n) is 11.0. The van der Waals surface area contributed by atoms with Crippen LogP contribution in [0.15, 0.2) is 83.3 Å². The fourth-order valence-corrected chi connectivity index (χ4v) is 5.26. The van der Waals surface area contributed by atoms with Crippen LogP contribution in [0.1, 0.15) is 15.2 Å². The third-order valence-electron chi connectivity index (χ3n) is 5.48. The fraction of sp³-hybridized carbons (Fsp3) is 0.0357. The number of carbonyl (C=O) groups is 2. The summed E-state index contributed by atoms with van der Waals surface area (Å²) in [4.78, 5) is 25.3. The lowest BCUT2D eigenvalue weighted by Gasteiger charge is -2.04. The van der Waals surface area contributed by atoms with Gasteiger partial charge in [0.25, 0.3) is 5.91 Å². The number of nitrogens with one attached hydrogen (secondary N) is 1. The van der Waals surface area contributed by atoms with E-state index in [1.807, 2.05) is 60.7 Å². The van der Waals surface area contributed by atoms with Gasteiger partial charge in [-0.2, -0.15) is 5.26 Å². The van der Waals surface area contributed by atoms with Gasteiger partial charge >= 0.3 is 5.97 Å². The van der Waals surface area contributed by atoms with Crippen molar-refractivity contribution in [2.75, 3.05) is 11.9 Å². The lowest BCUT2D eigenvalue weighted by molar-refractivity contribution is -0.119. The maximum Gasteiger partial charge on any atom is 0.350 e. The molecule has 182 valence electrons. The molecule has 37 heavy (non-hydrogen) atoms. The van der Waals surface area contributed by atoms with Gasteiger partial charge in [0.1, 0.15) is 28.1 Å². The predicted molar refractivity (Wildman–Crippen MR) is 140 cm³/mol. The number of rotatable bonds is 6. The largest absolute Gasteiger partial charge is 0.451 e. The van der Waals surface area contributed by atoms with E-state index in [-0.39, 0.29) is 21.3 Å². The molecule has 0 aliphatic heterocycles. The Morgan fingerprint density at radius 1 is 1.03 bits per heavy atom. The number of hydrogen-bond acceptors (Lipinski definition) is 6. The Morgan fingerprint density at radius 2 is 1.70 bits per heavy atom. The number of amides is 1. The molecule has 6 nitrogen and oxygen atoms in total. The standard InChI is InChI=1S/C28H16ClFN2O4S/c29-24-19-12-11-18(30)13-21(19)37-26(24)28(34)35-15-22(33)32-27-20(14-31)23(16-7-3-1-4-8-16)25(36-27)17-9-5-2-6-10-17/h1-13H,15H2,(H,32,33). The number of ether oxygens (including phenoxy) is 1. The molecule has 0 atom stereocenters. The summed E-state index contributed by atoms with van der Waals surface area (Å²) < 4.78 is 25.1. The van der Waals surface area contributed by atoms with E-state index in [0.29, 0.717) is 21.4 Å². The van der Waals surface area contributed by atoms with Crippen LogP contribution in [-0.2, 0) is 9.53 Å². The van der Waals surface area contributed by atoms with E-state index in [4.69, 9.17) is 20.8 Å². The summed E-state index contributed by atoms with van der Waals surface area (Å²) in [5.74, 6) is -1.63. The molecule has 5 rings (SSSR count).